The molecule has 240 valence electrons. The van der Waals surface area contributed by atoms with E-state index in [-0.39, 0.29) is 5.41 Å². The van der Waals surface area contributed by atoms with E-state index < -0.39 is 0 Å². The topological polar surface area (TPSA) is 35.2 Å². The number of nitrogens with zero attached hydrogens (tertiary/aromatic N) is 4. The normalized spacial score (nSPS) is 12.6. The third-order valence-corrected chi connectivity index (χ3v) is 10.3. The molecule has 0 atom stereocenters. The van der Waals surface area contributed by atoms with Crippen molar-refractivity contribution in [2.45, 2.75) is 32.7 Å². The molecule has 5 aromatic carbocycles. The Morgan fingerprint density at radius 2 is 1.48 bits per heavy atom. The van der Waals surface area contributed by atoms with Crippen LogP contribution in [0.4, 0.5) is 11.5 Å². The first-order chi connectivity index (χ1) is 23.2. The molecule has 0 amide bonds. The van der Waals surface area contributed by atoms with Gasteiger partial charge in [0.15, 0.2) is 0 Å². The van der Waals surface area contributed by atoms with E-state index in [1.54, 1.807) is 0 Å². The summed E-state index contributed by atoms with van der Waals surface area (Å²) in [6, 6.07) is 47.4. The number of para-hydroxylation sites is 2. The molecule has 0 bridgehead atoms. The van der Waals surface area contributed by atoms with Gasteiger partial charge < -0.3 is 0 Å². The number of imidazole rings is 1. The first-order valence-electron chi connectivity index (χ1n) is 16.1. The van der Waals surface area contributed by atoms with Crippen LogP contribution in [0.1, 0.15) is 31.9 Å². The standard InChI is InChI=1S/C42H34N4O.Pt/c1-42(2,3)32-21-22-43-41(24-32)45-27-31-23-30(29-11-6-5-7-12-29)17-19-36(31)37-20-18-35(26-40(37)45)47-34-14-10-13-33(25-34)46-28-44(4)38-15-8-9-16-39(38)46;/h5-24H,27H2,1-4H3;/q-2;. The van der Waals surface area contributed by atoms with Crippen molar-refractivity contribution in [1.82, 2.24) is 14.1 Å². The van der Waals surface area contributed by atoms with E-state index in [9.17, 15) is 0 Å². The third-order valence-electron chi connectivity index (χ3n) is 9.01. The number of pyridine rings is 1. The summed E-state index contributed by atoms with van der Waals surface area (Å²) in [5.74, 6) is 2.15. The van der Waals surface area contributed by atoms with Crippen LogP contribution in [0.25, 0.3) is 39.0 Å². The number of hydrogen-bond acceptors (Lipinski definition) is 3. The minimum absolute atomic E-state index is 0.00976. The van der Waals surface area contributed by atoms with Gasteiger partial charge in [0.25, 0.3) is 0 Å². The number of rotatable bonds is 5. The fraction of sp³-hybridized carbons (Fsp3) is 0.143. The van der Waals surface area contributed by atoms with Gasteiger partial charge in [0.05, 0.1) is 0 Å². The Balaban J connectivity index is 1.21. The van der Waals surface area contributed by atoms with Crippen molar-refractivity contribution < 1.29 is 24.1 Å². The molecule has 0 fully saturated rings. The Hall–Kier alpha value is -4.99. The number of ether oxygens (including phenoxy) is 1. The van der Waals surface area contributed by atoms with Gasteiger partial charge in [-0.1, -0.05) is 57.2 Å². The molecule has 5 nitrogen and oxygen atoms in total. The quantitative estimate of drug-likeness (QED) is 0.163. The molecule has 2 aromatic heterocycles. The zero-order valence-corrected chi connectivity index (χ0v) is 29.5. The van der Waals surface area contributed by atoms with Crippen molar-refractivity contribution >= 4 is 22.5 Å². The molecule has 7 aromatic rings. The van der Waals surface area contributed by atoms with E-state index in [0.29, 0.717) is 18.0 Å². The number of aryl methyl sites for hydroxylation is 1. The van der Waals surface area contributed by atoms with Crippen LogP contribution < -0.4 is 9.64 Å². The van der Waals surface area contributed by atoms with Crippen LogP contribution in [0.5, 0.6) is 11.5 Å². The molecule has 0 radical (unpaired) electrons. The van der Waals surface area contributed by atoms with Crippen molar-refractivity contribution in [3.05, 3.63) is 149 Å². The molecule has 8 rings (SSSR count). The summed E-state index contributed by atoms with van der Waals surface area (Å²) in [6.07, 6.45) is 1.92. The van der Waals surface area contributed by atoms with Crippen LogP contribution in [0.15, 0.2) is 121 Å². The Morgan fingerprint density at radius 1 is 0.729 bits per heavy atom. The first kappa shape index (κ1) is 30.3. The van der Waals surface area contributed by atoms with Gasteiger partial charge in [0, 0.05) is 6.20 Å². The number of benzene rings is 5. The van der Waals surface area contributed by atoms with Gasteiger partial charge in [-0.15, -0.1) is 0 Å². The summed E-state index contributed by atoms with van der Waals surface area (Å²) in [7, 11) is 2.09. The van der Waals surface area contributed by atoms with Crippen molar-refractivity contribution in [3.8, 4) is 39.4 Å². The van der Waals surface area contributed by atoms with E-state index in [0.717, 1.165) is 37.6 Å². The maximum atomic E-state index is 6.51. The van der Waals surface area contributed by atoms with Gasteiger partial charge in [-0.2, -0.15) is 0 Å². The van der Waals surface area contributed by atoms with Gasteiger partial charge in [0.2, 0.25) is 0 Å². The van der Waals surface area contributed by atoms with Gasteiger partial charge in [-0.25, -0.2) is 0 Å². The van der Waals surface area contributed by atoms with Crippen LogP contribution in [-0.4, -0.2) is 14.1 Å². The second kappa shape index (κ2) is 11.9. The molecule has 0 spiro atoms. The number of fused-ring (bicyclic) bond motifs is 4. The molecule has 0 N–H and O–H groups in total. The summed E-state index contributed by atoms with van der Waals surface area (Å²) in [5.41, 5.74) is 11.3. The number of aromatic nitrogens is 3. The first-order valence-corrected chi connectivity index (χ1v) is 17.2. The zero-order valence-electron chi connectivity index (χ0n) is 27.3. The Kier molecular flexibility index (Phi) is 7.53. The van der Waals surface area contributed by atoms with Crippen LogP contribution in [0.2, 0.25) is 0 Å². The molecule has 0 unspecified atom stereocenters. The van der Waals surface area contributed by atoms with Gasteiger partial charge in [-0.3, -0.25) is 0 Å². The SMILES string of the molecule is Cn1[c](=[Pt])n(-c2[c-]c(Oc3[c-]c4c(cc3)-c3ccc(-c5ccccc5)cc3CN4c3cc(C(C)(C)C)ccn3)ccc2)c2ccccc21. The molecular weight excluding hydrogens is 772 g/mol. The van der Waals surface area contributed by atoms with E-state index >= 15 is 0 Å². The summed E-state index contributed by atoms with van der Waals surface area (Å²) < 4.78 is 12.0. The molecule has 48 heavy (non-hydrogen) atoms. The van der Waals surface area contributed by atoms with E-state index in [1.807, 2.05) is 24.4 Å². The van der Waals surface area contributed by atoms with Crippen LogP contribution in [-0.2, 0) is 38.4 Å². The molecule has 1 aliphatic rings. The summed E-state index contributed by atoms with van der Waals surface area (Å²) in [5, 5.41) is 0. The minimum atomic E-state index is -0.00976. The molecule has 0 saturated carbocycles. The van der Waals surface area contributed by atoms with Crippen LogP contribution in [0, 0.1) is 15.9 Å². The monoisotopic (exact) mass is 805 g/mol. The van der Waals surface area contributed by atoms with Gasteiger partial charge in [-0.05, 0) is 34.2 Å². The average Bonchev–Trinajstić information content (AvgIpc) is 3.36. The zero-order chi connectivity index (χ0) is 33.0. The fourth-order valence-electron chi connectivity index (χ4n) is 6.47. The van der Waals surface area contributed by atoms with Gasteiger partial charge in [0.1, 0.15) is 0 Å². The molecule has 0 saturated heterocycles. The van der Waals surface area contributed by atoms with Crippen molar-refractivity contribution in [2.75, 3.05) is 4.90 Å². The molecule has 3 heterocycles. The Labute approximate surface area is 292 Å². The molecule has 1 aliphatic heterocycles. The Morgan fingerprint density at radius 3 is 2.29 bits per heavy atom. The van der Waals surface area contributed by atoms with E-state index in [2.05, 4.69) is 170 Å². The maximum absolute atomic E-state index is 6.51. The van der Waals surface area contributed by atoms with Crippen molar-refractivity contribution in [3.63, 3.8) is 0 Å². The Bertz CT molecular complexity index is 2380. The van der Waals surface area contributed by atoms with Crippen molar-refractivity contribution in [2.24, 2.45) is 7.05 Å². The molecule has 6 heteroatoms. The van der Waals surface area contributed by atoms with Crippen molar-refractivity contribution in [1.29, 1.82) is 0 Å². The number of hydrogen-bond donors (Lipinski definition) is 0. The summed E-state index contributed by atoms with van der Waals surface area (Å²) in [4.78, 5) is 7.14. The van der Waals surface area contributed by atoms with Crippen LogP contribution in [0.3, 0.4) is 0 Å². The predicted molar refractivity (Wildman–Crippen MR) is 189 cm³/mol. The fourth-order valence-corrected chi connectivity index (χ4v) is 7.29. The second-order valence-electron chi connectivity index (χ2n) is 13.2. The van der Waals surface area contributed by atoms with E-state index in [4.69, 9.17) is 9.72 Å². The van der Waals surface area contributed by atoms with Gasteiger partial charge >= 0.3 is 196 Å². The third kappa shape index (κ3) is 5.42. The second-order valence-corrected chi connectivity index (χ2v) is 14.2. The summed E-state index contributed by atoms with van der Waals surface area (Å²) in [6.45, 7) is 7.37. The number of anilines is 2. The average molecular weight is 806 g/mol. The predicted octanol–water partition coefficient (Wildman–Crippen LogP) is 10.1. The van der Waals surface area contributed by atoms with Crippen LogP contribution >= 0.6 is 0 Å². The summed E-state index contributed by atoms with van der Waals surface area (Å²) >= 11 is 2.37. The molecule has 0 aliphatic carbocycles. The molecular formula is C42H34N4OPt-2. The van der Waals surface area contributed by atoms with E-state index in [1.165, 1.54) is 27.8 Å².